The van der Waals surface area contributed by atoms with Crippen LogP contribution in [-0.4, -0.2) is 32.3 Å². The van der Waals surface area contributed by atoms with E-state index >= 15 is 0 Å². The van der Waals surface area contributed by atoms with Crippen molar-refractivity contribution in [2.24, 2.45) is 0 Å². The van der Waals surface area contributed by atoms with Crippen molar-refractivity contribution >= 4 is 16.8 Å². The number of hydrogen-bond acceptors (Lipinski definition) is 5. The molecule has 8 heteroatoms. The maximum Gasteiger partial charge on any atom is 0.228 e. The third-order valence-corrected chi connectivity index (χ3v) is 4.42. The first kappa shape index (κ1) is 18.8. The number of imidazole rings is 1. The molecule has 0 amide bonds. The Morgan fingerprint density at radius 1 is 1.17 bits per heavy atom. The van der Waals surface area contributed by atoms with Gasteiger partial charge in [0.1, 0.15) is 11.3 Å². The summed E-state index contributed by atoms with van der Waals surface area (Å²) in [6, 6.07) is 6.94. The van der Waals surface area contributed by atoms with Crippen molar-refractivity contribution in [1.82, 2.24) is 25.3 Å². The van der Waals surface area contributed by atoms with Crippen LogP contribution in [0.1, 0.15) is 28.7 Å². The molecule has 0 radical (unpaired) electrons. The smallest absolute Gasteiger partial charge is 0.228 e. The van der Waals surface area contributed by atoms with Gasteiger partial charge in [-0.25, -0.2) is 13.8 Å². The molecule has 0 fully saturated rings. The molecule has 0 saturated carbocycles. The highest BCUT2D eigenvalue weighted by atomic mass is 19.1. The molecule has 0 atom stereocenters. The predicted octanol–water partition coefficient (Wildman–Crippen LogP) is 3.64. The van der Waals surface area contributed by atoms with E-state index in [1.165, 1.54) is 6.20 Å². The number of ketones is 1. The van der Waals surface area contributed by atoms with E-state index in [9.17, 15) is 13.6 Å². The van der Waals surface area contributed by atoms with Gasteiger partial charge in [-0.1, -0.05) is 6.92 Å². The summed E-state index contributed by atoms with van der Waals surface area (Å²) < 4.78 is 27.3. The van der Waals surface area contributed by atoms with Crippen molar-refractivity contribution in [2.75, 3.05) is 6.54 Å². The number of carbonyl (C=O) groups excluding carboxylic acids is 1. The zero-order valence-electron chi connectivity index (χ0n) is 15.5. The molecule has 0 unspecified atom stereocenters. The SMILES string of the molecule is CCNCc1cncc(-c2cc(C(=O)c3nc4cc(F)cc(F)c4[nH]3)ccn2)c1. The van der Waals surface area contributed by atoms with Crippen molar-refractivity contribution in [3.8, 4) is 11.3 Å². The zero-order valence-corrected chi connectivity index (χ0v) is 15.5. The van der Waals surface area contributed by atoms with E-state index in [1.807, 2.05) is 13.0 Å². The number of nitrogens with one attached hydrogen (secondary N) is 2. The molecule has 4 rings (SSSR count). The minimum absolute atomic E-state index is 0.00986. The Bertz CT molecular complexity index is 1200. The number of pyridine rings is 2. The van der Waals surface area contributed by atoms with Gasteiger partial charge in [0, 0.05) is 48.4 Å². The average Bonchev–Trinajstić information content (AvgIpc) is 3.16. The van der Waals surface area contributed by atoms with Gasteiger partial charge in [-0.3, -0.25) is 14.8 Å². The molecule has 0 spiro atoms. The lowest BCUT2D eigenvalue weighted by atomic mass is 10.1. The van der Waals surface area contributed by atoms with Crippen LogP contribution in [0.4, 0.5) is 8.78 Å². The molecule has 0 aliphatic carbocycles. The molecule has 146 valence electrons. The van der Waals surface area contributed by atoms with Crippen molar-refractivity contribution < 1.29 is 13.6 Å². The Labute approximate surface area is 165 Å². The summed E-state index contributed by atoms with van der Waals surface area (Å²) in [5, 5.41) is 3.23. The van der Waals surface area contributed by atoms with Gasteiger partial charge in [0.15, 0.2) is 11.6 Å². The molecule has 1 aromatic carbocycles. The second kappa shape index (κ2) is 7.84. The summed E-state index contributed by atoms with van der Waals surface area (Å²) in [6.45, 7) is 3.54. The summed E-state index contributed by atoms with van der Waals surface area (Å²) in [4.78, 5) is 28.1. The average molecular weight is 393 g/mol. The van der Waals surface area contributed by atoms with Gasteiger partial charge in [0.05, 0.1) is 11.2 Å². The van der Waals surface area contributed by atoms with Crippen molar-refractivity contribution in [2.45, 2.75) is 13.5 Å². The van der Waals surface area contributed by atoms with E-state index in [4.69, 9.17) is 0 Å². The number of fused-ring (bicyclic) bond motifs is 1. The minimum atomic E-state index is -0.800. The number of carbonyl (C=O) groups is 1. The first-order chi connectivity index (χ1) is 14.0. The van der Waals surface area contributed by atoms with Crippen LogP contribution in [0.3, 0.4) is 0 Å². The Morgan fingerprint density at radius 2 is 2.03 bits per heavy atom. The second-order valence-corrected chi connectivity index (χ2v) is 6.49. The van der Waals surface area contributed by atoms with Gasteiger partial charge in [-0.15, -0.1) is 0 Å². The van der Waals surface area contributed by atoms with Gasteiger partial charge in [0.2, 0.25) is 5.78 Å². The highest BCUT2D eigenvalue weighted by Gasteiger charge is 2.17. The quantitative estimate of drug-likeness (QED) is 0.489. The summed E-state index contributed by atoms with van der Waals surface area (Å²) in [5.41, 5.74) is 2.72. The monoisotopic (exact) mass is 393 g/mol. The normalized spacial score (nSPS) is 11.1. The number of benzene rings is 1. The second-order valence-electron chi connectivity index (χ2n) is 6.49. The number of halogens is 2. The summed E-state index contributed by atoms with van der Waals surface area (Å²) in [6.07, 6.45) is 4.96. The minimum Gasteiger partial charge on any atom is -0.333 e. The number of hydrogen-bond donors (Lipinski definition) is 2. The fraction of sp³-hybridized carbons (Fsp3) is 0.143. The van der Waals surface area contributed by atoms with E-state index < -0.39 is 17.4 Å². The topological polar surface area (TPSA) is 83.6 Å². The first-order valence-corrected chi connectivity index (χ1v) is 9.05. The number of rotatable bonds is 6. The van der Waals surface area contributed by atoms with Crippen LogP contribution in [0.5, 0.6) is 0 Å². The van der Waals surface area contributed by atoms with E-state index in [-0.39, 0.29) is 16.9 Å². The standard InChI is InChI=1S/C21H17F2N5O/c1-2-24-9-12-5-14(11-25-10-12)17-6-13(3-4-26-17)20(29)21-27-18-8-15(22)7-16(23)19(18)28-21/h3-8,10-11,24H,2,9H2,1H3,(H,27,28). The fourth-order valence-electron chi connectivity index (χ4n) is 3.01. The third-order valence-electron chi connectivity index (χ3n) is 4.42. The number of aromatic amines is 1. The van der Waals surface area contributed by atoms with Gasteiger partial charge < -0.3 is 10.3 Å². The molecule has 29 heavy (non-hydrogen) atoms. The van der Waals surface area contributed by atoms with Crippen LogP contribution in [0, 0.1) is 11.6 Å². The molecule has 4 aromatic rings. The molecule has 6 nitrogen and oxygen atoms in total. The first-order valence-electron chi connectivity index (χ1n) is 9.05. The van der Waals surface area contributed by atoms with E-state index in [0.717, 1.165) is 29.8 Å². The fourth-order valence-corrected chi connectivity index (χ4v) is 3.01. The van der Waals surface area contributed by atoms with Gasteiger partial charge in [-0.05, 0) is 30.3 Å². The number of nitrogens with zero attached hydrogens (tertiary/aromatic N) is 3. The van der Waals surface area contributed by atoms with Crippen LogP contribution in [-0.2, 0) is 6.54 Å². The van der Waals surface area contributed by atoms with E-state index in [2.05, 4.69) is 25.3 Å². The lowest BCUT2D eigenvalue weighted by Gasteiger charge is -2.06. The van der Waals surface area contributed by atoms with Crippen molar-refractivity contribution in [1.29, 1.82) is 0 Å². The molecule has 3 heterocycles. The highest BCUT2D eigenvalue weighted by Crippen LogP contribution is 2.22. The summed E-state index contributed by atoms with van der Waals surface area (Å²) in [5.74, 6) is -2.07. The number of H-pyrrole nitrogens is 1. The summed E-state index contributed by atoms with van der Waals surface area (Å²) >= 11 is 0. The van der Waals surface area contributed by atoms with Crippen LogP contribution >= 0.6 is 0 Å². The van der Waals surface area contributed by atoms with Crippen molar-refractivity contribution in [3.63, 3.8) is 0 Å². The molecule has 0 saturated heterocycles. The number of aromatic nitrogens is 4. The molecule has 0 bridgehead atoms. The Morgan fingerprint density at radius 3 is 2.86 bits per heavy atom. The molecule has 2 N–H and O–H groups in total. The maximum absolute atomic E-state index is 13.9. The van der Waals surface area contributed by atoms with E-state index in [0.29, 0.717) is 17.8 Å². The van der Waals surface area contributed by atoms with Crippen molar-refractivity contribution in [3.05, 3.63) is 77.5 Å². The molecule has 3 aromatic heterocycles. The molecule has 0 aliphatic rings. The van der Waals surface area contributed by atoms with Crippen LogP contribution < -0.4 is 5.32 Å². The summed E-state index contributed by atoms with van der Waals surface area (Å²) in [7, 11) is 0. The highest BCUT2D eigenvalue weighted by molar-refractivity contribution is 6.08. The van der Waals surface area contributed by atoms with Gasteiger partial charge >= 0.3 is 0 Å². The van der Waals surface area contributed by atoms with Crippen LogP contribution in [0.25, 0.3) is 22.3 Å². The maximum atomic E-state index is 13.9. The third kappa shape index (κ3) is 3.88. The largest absolute Gasteiger partial charge is 0.333 e. The Kier molecular flexibility index (Phi) is 5.09. The van der Waals surface area contributed by atoms with Gasteiger partial charge in [0.25, 0.3) is 0 Å². The van der Waals surface area contributed by atoms with Crippen LogP contribution in [0.2, 0.25) is 0 Å². The Hall–Kier alpha value is -3.52. The zero-order chi connectivity index (χ0) is 20.4. The lowest BCUT2D eigenvalue weighted by molar-refractivity contribution is 0.103. The molecular weight excluding hydrogens is 376 g/mol. The van der Waals surface area contributed by atoms with E-state index in [1.54, 1.807) is 24.5 Å². The van der Waals surface area contributed by atoms with Gasteiger partial charge in [-0.2, -0.15) is 0 Å². The predicted molar refractivity (Wildman–Crippen MR) is 104 cm³/mol. The lowest BCUT2D eigenvalue weighted by Crippen LogP contribution is -2.11. The molecular formula is C21H17F2N5O. The van der Waals surface area contributed by atoms with Crippen LogP contribution in [0.15, 0.2) is 48.9 Å². The molecule has 0 aliphatic heterocycles. The Balaban J connectivity index is 1.67.